The lowest BCUT2D eigenvalue weighted by Gasteiger charge is -2.08. The third-order valence-electron chi connectivity index (χ3n) is 2.30. The zero-order chi connectivity index (χ0) is 12.3. The molecule has 2 N–H and O–H groups in total. The fourth-order valence-corrected chi connectivity index (χ4v) is 1.85. The van der Waals surface area contributed by atoms with Crippen molar-refractivity contribution in [3.8, 4) is 0 Å². The Morgan fingerprint density at radius 3 is 2.76 bits per heavy atom. The van der Waals surface area contributed by atoms with Gasteiger partial charge in [0.25, 0.3) is 5.91 Å². The summed E-state index contributed by atoms with van der Waals surface area (Å²) in [6.07, 6.45) is 1.43. The SMILES string of the molecule is O=C(Nc1ccccc1CO)c1ccoc1Br. The predicted octanol–water partition coefficient (Wildman–Crippen LogP) is 2.79. The summed E-state index contributed by atoms with van der Waals surface area (Å²) >= 11 is 3.14. The number of aliphatic hydroxyl groups is 1. The number of halogens is 1. The van der Waals surface area contributed by atoms with E-state index in [1.165, 1.54) is 6.26 Å². The Kier molecular flexibility index (Phi) is 3.61. The number of carbonyl (C=O) groups excluding carboxylic acids is 1. The van der Waals surface area contributed by atoms with Gasteiger partial charge in [0.1, 0.15) is 0 Å². The van der Waals surface area contributed by atoms with Crippen molar-refractivity contribution >= 4 is 27.5 Å². The summed E-state index contributed by atoms with van der Waals surface area (Å²) in [5.74, 6) is -0.286. The van der Waals surface area contributed by atoms with E-state index in [-0.39, 0.29) is 12.5 Å². The van der Waals surface area contributed by atoms with Crippen LogP contribution in [-0.2, 0) is 6.61 Å². The van der Waals surface area contributed by atoms with Crippen LogP contribution in [0.2, 0.25) is 0 Å². The second-order valence-electron chi connectivity index (χ2n) is 3.38. The van der Waals surface area contributed by atoms with E-state index in [2.05, 4.69) is 21.2 Å². The maximum absolute atomic E-state index is 11.9. The third kappa shape index (κ3) is 2.57. The maximum atomic E-state index is 11.9. The topological polar surface area (TPSA) is 62.5 Å². The maximum Gasteiger partial charge on any atom is 0.260 e. The molecule has 4 nitrogen and oxygen atoms in total. The van der Waals surface area contributed by atoms with Gasteiger partial charge in [-0.15, -0.1) is 0 Å². The Morgan fingerprint density at radius 1 is 1.35 bits per heavy atom. The van der Waals surface area contributed by atoms with Gasteiger partial charge in [-0.25, -0.2) is 0 Å². The van der Waals surface area contributed by atoms with Crippen LogP contribution in [0.5, 0.6) is 0 Å². The first kappa shape index (κ1) is 11.9. The number of rotatable bonds is 3. The molecule has 0 bridgehead atoms. The molecule has 0 unspecified atom stereocenters. The summed E-state index contributed by atoms with van der Waals surface area (Å²) in [5.41, 5.74) is 1.67. The zero-order valence-corrected chi connectivity index (χ0v) is 10.4. The zero-order valence-electron chi connectivity index (χ0n) is 8.81. The predicted molar refractivity (Wildman–Crippen MR) is 66.7 cm³/mol. The second-order valence-corrected chi connectivity index (χ2v) is 4.10. The molecule has 0 aliphatic rings. The lowest BCUT2D eigenvalue weighted by atomic mass is 10.2. The van der Waals surface area contributed by atoms with Crippen LogP contribution in [0.25, 0.3) is 0 Å². The molecule has 0 aliphatic carbocycles. The van der Waals surface area contributed by atoms with E-state index in [1.54, 1.807) is 30.3 Å². The first-order chi connectivity index (χ1) is 8.22. The highest BCUT2D eigenvalue weighted by molar-refractivity contribution is 9.10. The molecule has 1 heterocycles. The first-order valence-corrected chi connectivity index (χ1v) is 5.75. The van der Waals surface area contributed by atoms with Gasteiger partial charge in [-0.1, -0.05) is 18.2 Å². The van der Waals surface area contributed by atoms with Crippen LogP contribution in [-0.4, -0.2) is 11.0 Å². The Balaban J connectivity index is 2.22. The molecule has 5 heteroatoms. The number of anilines is 1. The molecule has 17 heavy (non-hydrogen) atoms. The Morgan fingerprint density at radius 2 is 2.12 bits per heavy atom. The Labute approximate surface area is 106 Å². The van der Waals surface area contributed by atoms with Crippen LogP contribution in [0.15, 0.2) is 45.7 Å². The van der Waals surface area contributed by atoms with Gasteiger partial charge >= 0.3 is 0 Å². The fraction of sp³-hybridized carbons (Fsp3) is 0.0833. The third-order valence-corrected chi connectivity index (χ3v) is 2.91. The van der Waals surface area contributed by atoms with Crippen LogP contribution in [0.1, 0.15) is 15.9 Å². The summed E-state index contributed by atoms with van der Waals surface area (Å²) in [4.78, 5) is 11.9. The summed E-state index contributed by atoms with van der Waals surface area (Å²) in [6, 6.07) is 8.65. The molecule has 1 aromatic heterocycles. The molecule has 0 spiro atoms. The number of nitrogens with one attached hydrogen (secondary N) is 1. The molecule has 1 amide bonds. The smallest absolute Gasteiger partial charge is 0.260 e. The number of para-hydroxylation sites is 1. The van der Waals surface area contributed by atoms with Crippen molar-refractivity contribution in [3.63, 3.8) is 0 Å². The molecular formula is C12H10BrNO3. The van der Waals surface area contributed by atoms with Crippen molar-refractivity contribution < 1.29 is 14.3 Å². The van der Waals surface area contributed by atoms with Crippen LogP contribution < -0.4 is 5.32 Å². The van der Waals surface area contributed by atoms with E-state index in [1.807, 2.05) is 0 Å². The number of hydrogen-bond donors (Lipinski definition) is 2. The van der Waals surface area contributed by atoms with Crippen molar-refractivity contribution in [1.82, 2.24) is 0 Å². The first-order valence-electron chi connectivity index (χ1n) is 4.95. The Hall–Kier alpha value is -1.59. The van der Waals surface area contributed by atoms with Crippen LogP contribution in [0, 0.1) is 0 Å². The molecular weight excluding hydrogens is 286 g/mol. The Bertz CT molecular complexity index is 536. The molecule has 0 saturated heterocycles. The van der Waals surface area contributed by atoms with E-state index in [0.717, 1.165) is 0 Å². The average molecular weight is 296 g/mol. The largest absolute Gasteiger partial charge is 0.457 e. The number of benzene rings is 1. The van der Waals surface area contributed by atoms with Crippen molar-refractivity contribution in [3.05, 3.63) is 52.4 Å². The molecule has 2 rings (SSSR count). The highest BCUT2D eigenvalue weighted by Crippen LogP contribution is 2.21. The molecule has 1 aromatic carbocycles. The van der Waals surface area contributed by atoms with Crippen molar-refractivity contribution in [2.45, 2.75) is 6.61 Å². The van der Waals surface area contributed by atoms with Gasteiger partial charge in [0, 0.05) is 11.3 Å². The van der Waals surface area contributed by atoms with Gasteiger partial charge in [0.05, 0.1) is 18.4 Å². The average Bonchev–Trinajstić information content (AvgIpc) is 2.76. The van der Waals surface area contributed by atoms with Crippen LogP contribution in [0.4, 0.5) is 5.69 Å². The van der Waals surface area contributed by atoms with E-state index in [0.29, 0.717) is 21.5 Å². The fourth-order valence-electron chi connectivity index (χ4n) is 1.43. The number of aliphatic hydroxyl groups excluding tert-OH is 1. The molecule has 0 radical (unpaired) electrons. The monoisotopic (exact) mass is 295 g/mol. The number of carbonyl (C=O) groups is 1. The van der Waals surface area contributed by atoms with Crippen LogP contribution in [0.3, 0.4) is 0 Å². The highest BCUT2D eigenvalue weighted by Gasteiger charge is 2.13. The second kappa shape index (κ2) is 5.16. The van der Waals surface area contributed by atoms with Crippen molar-refractivity contribution in [2.24, 2.45) is 0 Å². The molecule has 0 aliphatic heterocycles. The van der Waals surface area contributed by atoms with Crippen LogP contribution >= 0.6 is 15.9 Å². The summed E-state index contributed by atoms with van der Waals surface area (Å²) < 4.78 is 5.37. The van der Waals surface area contributed by atoms with Crippen molar-refractivity contribution in [2.75, 3.05) is 5.32 Å². The van der Waals surface area contributed by atoms with Gasteiger partial charge in [0.15, 0.2) is 4.67 Å². The van der Waals surface area contributed by atoms with Crippen molar-refractivity contribution in [1.29, 1.82) is 0 Å². The number of amides is 1. The summed E-state index contributed by atoms with van der Waals surface area (Å²) in [5, 5.41) is 11.9. The summed E-state index contributed by atoms with van der Waals surface area (Å²) in [7, 11) is 0. The minimum absolute atomic E-state index is 0.122. The van der Waals surface area contributed by atoms with Gasteiger partial charge in [0.2, 0.25) is 0 Å². The lowest BCUT2D eigenvalue weighted by Crippen LogP contribution is -2.12. The standard InChI is InChI=1S/C12H10BrNO3/c13-11-9(5-6-17-11)12(16)14-10-4-2-1-3-8(10)7-15/h1-6,15H,7H2,(H,14,16). The van der Waals surface area contributed by atoms with Gasteiger partial charge in [-0.05, 0) is 28.1 Å². The summed E-state index contributed by atoms with van der Waals surface area (Å²) in [6.45, 7) is -0.122. The highest BCUT2D eigenvalue weighted by atomic mass is 79.9. The van der Waals surface area contributed by atoms with E-state index < -0.39 is 0 Å². The minimum atomic E-state index is -0.286. The van der Waals surface area contributed by atoms with E-state index >= 15 is 0 Å². The molecule has 88 valence electrons. The van der Waals surface area contributed by atoms with Gasteiger partial charge < -0.3 is 14.8 Å². The molecule has 0 saturated carbocycles. The number of hydrogen-bond acceptors (Lipinski definition) is 3. The molecule has 0 fully saturated rings. The normalized spacial score (nSPS) is 10.2. The minimum Gasteiger partial charge on any atom is -0.457 e. The lowest BCUT2D eigenvalue weighted by molar-refractivity contribution is 0.102. The molecule has 0 atom stereocenters. The quantitative estimate of drug-likeness (QED) is 0.915. The van der Waals surface area contributed by atoms with E-state index in [9.17, 15) is 4.79 Å². The molecule has 2 aromatic rings. The van der Waals surface area contributed by atoms with E-state index in [4.69, 9.17) is 9.52 Å². The number of furan rings is 1. The van der Waals surface area contributed by atoms with Gasteiger partial charge in [-0.2, -0.15) is 0 Å². The van der Waals surface area contributed by atoms with Gasteiger partial charge in [-0.3, -0.25) is 4.79 Å².